The van der Waals surface area contributed by atoms with Gasteiger partial charge in [-0.3, -0.25) is 0 Å². The highest BCUT2D eigenvalue weighted by Crippen LogP contribution is 2.40. The molecule has 0 fully saturated rings. The normalized spacial score (nSPS) is 14.3. The first-order chi connectivity index (χ1) is 23.8. The van der Waals surface area contributed by atoms with Gasteiger partial charge in [-0.1, -0.05) is 121 Å². The van der Waals surface area contributed by atoms with Crippen molar-refractivity contribution in [2.45, 2.75) is 12.3 Å². The molecule has 1 unspecified atom stereocenters. The molecule has 0 spiro atoms. The molecule has 0 aliphatic heterocycles. The minimum atomic E-state index is -0.0252. The lowest BCUT2D eigenvalue weighted by Gasteiger charge is -2.20. The van der Waals surface area contributed by atoms with Gasteiger partial charge in [0.05, 0.1) is 0 Å². The maximum atomic E-state index is 6.22. The third kappa shape index (κ3) is 4.28. The fourth-order valence-corrected chi connectivity index (χ4v) is 7.19. The molecule has 1 aliphatic rings. The molecule has 0 radical (unpaired) electrons. The second-order valence-electron chi connectivity index (χ2n) is 12.3. The molecule has 9 aromatic rings. The predicted molar refractivity (Wildman–Crippen MR) is 193 cm³/mol. The van der Waals surface area contributed by atoms with Gasteiger partial charge >= 0.3 is 0 Å². The van der Waals surface area contributed by atoms with Crippen molar-refractivity contribution in [2.24, 2.45) is 0 Å². The van der Waals surface area contributed by atoms with Crippen molar-refractivity contribution < 1.29 is 8.83 Å². The van der Waals surface area contributed by atoms with E-state index in [2.05, 4.69) is 78.9 Å². The zero-order valence-electron chi connectivity index (χ0n) is 25.8. The first-order valence-electron chi connectivity index (χ1n) is 16.2. The number of allylic oxidation sites excluding steroid dienone is 1. The SMILES string of the molecule is C1=CC(c2nc(-c3ccccc3)nc(-c3cccc4oc5ccccc5c34)n2)Cc2cc(-c3cccc4oc5ccccc5c34)ccc21. The summed E-state index contributed by atoms with van der Waals surface area (Å²) in [7, 11) is 0. The van der Waals surface area contributed by atoms with Crippen LogP contribution in [0.25, 0.3) is 83.9 Å². The summed E-state index contributed by atoms with van der Waals surface area (Å²) in [6, 6.07) is 45.7. The molecule has 48 heavy (non-hydrogen) atoms. The van der Waals surface area contributed by atoms with E-state index in [0.717, 1.165) is 67.2 Å². The van der Waals surface area contributed by atoms with Crippen molar-refractivity contribution in [3.63, 3.8) is 0 Å². The van der Waals surface area contributed by atoms with Crippen molar-refractivity contribution in [3.05, 3.63) is 156 Å². The molecule has 5 heteroatoms. The Kier molecular flexibility index (Phi) is 5.93. The van der Waals surface area contributed by atoms with Gasteiger partial charge in [0.2, 0.25) is 0 Å². The minimum Gasteiger partial charge on any atom is -0.456 e. The van der Waals surface area contributed by atoms with Gasteiger partial charge < -0.3 is 8.83 Å². The summed E-state index contributed by atoms with van der Waals surface area (Å²) >= 11 is 0. The van der Waals surface area contributed by atoms with Crippen LogP contribution in [-0.2, 0) is 6.42 Å². The number of fused-ring (bicyclic) bond motifs is 7. The highest BCUT2D eigenvalue weighted by molar-refractivity contribution is 6.13. The molecule has 1 aliphatic carbocycles. The molecule has 5 nitrogen and oxygen atoms in total. The predicted octanol–water partition coefficient (Wildman–Crippen LogP) is 11.0. The summed E-state index contributed by atoms with van der Waals surface area (Å²) in [6.07, 6.45) is 5.21. The van der Waals surface area contributed by atoms with Crippen molar-refractivity contribution in [2.75, 3.05) is 0 Å². The van der Waals surface area contributed by atoms with E-state index in [1.54, 1.807) is 0 Å². The molecule has 10 rings (SSSR count). The summed E-state index contributed by atoms with van der Waals surface area (Å²) in [4.78, 5) is 15.3. The molecular weight excluding hydrogens is 590 g/mol. The van der Waals surface area contributed by atoms with Gasteiger partial charge in [0, 0.05) is 38.6 Å². The molecule has 3 aromatic heterocycles. The van der Waals surface area contributed by atoms with Crippen LogP contribution in [0.3, 0.4) is 0 Å². The van der Waals surface area contributed by atoms with Crippen molar-refractivity contribution >= 4 is 50.0 Å². The summed E-state index contributed by atoms with van der Waals surface area (Å²) in [5, 5.41) is 4.34. The van der Waals surface area contributed by atoms with Gasteiger partial charge in [-0.05, 0) is 52.9 Å². The number of furan rings is 2. The first kappa shape index (κ1) is 26.8. The van der Waals surface area contributed by atoms with E-state index >= 15 is 0 Å². The van der Waals surface area contributed by atoms with E-state index in [1.165, 1.54) is 22.3 Å². The molecule has 6 aromatic carbocycles. The zero-order valence-corrected chi connectivity index (χ0v) is 25.8. The average molecular weight is 618 g/mol. The lowest BCUT2D eigenvalue weighted by molar-refractivity contribution is 0.668. The summed E-state index contributed by atoms with van der Waals surface area (Å²) in [5.74, 6) is 2.02. The maximum Gasteiger partial charge on any atom is 0.164 e. The van der Waals surface area contributed by atoms with Crippen LogP contribution in [0.1, 0.15) is 22.9 Å². The van der Waals surface area contributed by atoms with Crippen LogP contribution in [-0.4, -0.2) is 15.0 Å². The highest BCUT2D eigenvalue weighted by Gasteiger charge is 2.23. The maximum absolute atomic E-state index is 6.22. The number of hydrogen-bond acceptors (Lipinski definition) is 5. The van der Waals surface area contributed by atoms with E-state index < -0.39 is 0 Å². The van der Waals surface area contributed by atoms with Crippen LogP contribution in [0.2, 0.25) is 0 Å². The zero-order chi connectivity index (χ0) is 31.6. The second kappa shape index (κ2) is 10.6. The Hall–Kier alpha value is -6.33. The quantitative estimate of drug-likeness (QED) is 0.197. The first-order valence-corrected chi connectivity index (χ1v) is 16.2. The Bertz CT molecular complexity index is 2720. The lowest BCUT2D eigenvalue weighted by atomic mass is 9.86. The van der Waals surface area contributed by atoms with Crippen LogP contribution in [0, 0.1) is 0 Å². The molecule has 0 bridgehead atoms. The molecule has 0 saturated heterocycles. The van der Waals surface area contributed by atoms with E-state index in [4.69, 9.17) is 23.8 Å². The van der Waals surface area contributed by atoms with Gasteiger partial charge in [0.25, 0.3) is 0 Å². The standard InChI is InChI=1S/C43H27N3O2/c1-2-10-27(11-3-1)41-44-42(46-43(45-41)34-15-9-19-38-40(34)33-13-5-7-17-36(33)48-38)29-23-21-26-20-22-28(24-30(26)25-29)31-14-8-18-37-39(31)32-12-4-6-16-35(32)47-37/h1-24,29H,25H2. The monoisotopic (exact) mass is 617 g/mol. The van der Waals surface area contributed by atoms with Crippen LogP contribution in [0.15, 0.2) is 148 Å². The third-order valence-corrected chi connectivity index (χ3v) is 9.46. The fraction of sp³-hybridized carbons (Fsp3) is 0.0465. The Balaban J connectivity index is 1.10. The summed E-state index contributed by atoms with van der Waals surface area (Å²) < 4.78 is 12.4. The van der Waals surface area contributed by atoms with Gasteiger partial charge in [-0.2, -0.15) is 0 Å². The van der Waals surface area contributed by atoms with Crippen molar-refractivity contribution in [3.8, 4) is 33.9 Å². The second-order valence-corrected chi connectivity index (χ2v) is 12.3. The topological polar surface area (TPSA) is 65.0 Å². The van der Waals surface area contributed by atoms with E-state index in [0.29, 0.717) is 11.6 Å². The number of aromatic nitrogens is 3. The molecule has 0 N–H and O–H groups in total. The Morgan fingerprint density at radius 3 is 1.88 bits per heavy atom. The Morgan fingerprint density at radius 2 is 1.12 bits per heavy atom. The largest absolute Gasteiger partial charge is 0.456 e. The molecule has 0 saturated carbocycles. The highest BCUT2D eigenvalue weighted by atomic mass is 16.3. The van der Waals surface area contributed by atoms with Gasteiger partial charge in [0.15, 0.2) is 11.6 Å². The summed E-state index contributed by atoms with van der Waals surface area (Å²) in [5.41, 5.74) is 10.2. The van der Waals surface area contributed by atoms with Gasteiger partial charge in [-0.15, -0.1) is 0 Å². The number of rotatable bonds is 4. The van der Waals surface area contributed by atoms with E-state index in [9.17, 15) is 0 Å². The van der Waals surface area contributed by atoms with Gasteiger partial charge in [0.1, 0.15) is 28.2 Å². The molecule has 3 heterocycles. The molecular formula is C43H27N3O2. The Morgan fingerprint density at radius 1 is 0.500 bits per heavy atom. The molecule has 0 amide bonds. The van der Waals surface area contributed by atoms with Crippen LogP contribution < -0.4 is 0 Å². The molecule has 1 atom stereocenters. The minimum absolute atomic E-state index is 0.0252. The van der Waals surface area contributed by atoms with Crippen LogP contribution in [0.4, 0.5) is 0 Å². The van der Waals surface area contributed by atoms with E-state index in [-0.39, 0.29) is 5.92 Å². The fourth-order valence-electron chi connectivity index (χ4n) is 7.19. The Labute approximate surface area is 275 Å². The average Bonchev–Trinajstić information content (AvgIpc) is 3.73. The van der Waals surface area contributed by atoms with Crippen molar-refractivity contribution in [1.82, 2.24) is 15.0 Å². The number of benzene rings is 6. The summed E-state index contributed by atoms with van der Waals surface area (Å²) in [6.45, 7) is 0. The third-order valence-electron chi connectivity index (χ3n) is 9.46. The van der Waals surface area contributed by atoms with E-state index in [1.807, 2.05) is 66.7 Å². The number of para-hydroxylation sites is 2. The number of nitrogens with zero attached hydrogens (tertiary/aromatic N) is 3. The van der Waals surface area contributed by atoms with Crippen LogP contribution in [0.5, 0.6) is 0 Å². The number of hydrogen-bond donors (Lipinski definition) is 0. The van der Waals surface area contributed by atoms with Crippen molar-refractivity contribution in [1.29, 1.82) is 0 Å². The van der Waals surface area contributed by atoms with Crippen LogP contribution >= 0.6 is 0 Å². The molecule has 226 valence electrons. The smallest absolute Gasteiger partial charge is 0.164 e. The van der Waals surface area contributed by atoms with Gasteiger partial charge in [-0.25, -0.2) is 15.0 Å². The lowest BCUT2D eigenvalue weighted by Crippen LogP contribution is -2.12.